The van der Waals surface area contributed by atoms with E-state index in [4.69, 9.17) is 0 Å². The van der Waals surface area contributed by atoms with Crippen LogP contribution in [0.5, 0.6) is 0 Å². The first-order chi connectivity index (χ1) is 9.71. The number of hydrogen-bond donors (Lipinski definition) is 0. The molecule has 2 rings (SSSR count). The van der Waals surface area contributed by atoms with E-state index in [1.807, 2.05) is 13.0 Å². The van der Waals surface area contributed by atoms with Gasteiger partial charge in [0.1, 0.15) is 0 Å². The summed E-state index contributed by atoms with van der Waals surface area (Å²) in [5.41, 5.74) is 1.28. The van der Waals surface area contributed by atoms with Crippen molar-refractivity contribution in [3.05, 3.63) is 68.7 Å². The Balaban J connectivity index is 2.56. The first-order valence-electron chi connectivity index (χ1n) is 6.19. The van der Waals surface area contributed by atoms with E-state index in [-0.39, 0.29) is 5.56 Å². The Morgan fingerprint density at radius 1 is 1.05 bits per heavy atom. The first-order valence-corrected chi connectivity index (χ1v) is 6.99. The van der Waals surface area contributed by atoms with Crippen LogP contribution in [0.4, 0.5) is 13.2 Å². The van der Waals surface area contributed by atoms with Gasteiger partial charge in [-0.05, 0) is 43.2 Å². The maximum atomic E-state index is 12.8. The Morgan fingerprint density at radius 2 is 1.71 bits per heavy atom. The van der Waals surface area contributed by atoms with Gasteiger partial charge < -0.3 is 0 Å². The summed E-state index contributed by atoms with van der Waals surface area (Å²) in [5.74, 6) is -0.422. The van der Waals surface area contributed by atoms with Crippen LogP contribution in [0.1, 0.15) is 32.6 Å². The smallest absolute Gasteiger partial charge is 0.289 e. The van der Waals surface area contributed by atoms with Crippen LogP contribution >= 0.6 is 15.9 Å². The number of alkyl halides is 3. The minimum absolute atomic E-state index is 0.0125. The minimum atomic E-state index is -4.47. The molecule has 0 saturated heterocycles. The molecule has 0 atom stereocenters. The van der Waals surface area contributed by atoms with E-state index in [0.29, 0.717) is 10.0 Å². The number of carbonyl (C=O) groups excluding carboxylic acids is 1. The molecule has 21 heavy (non-hydrogen) atoms. The molecule has 5 heteroatoms. The van der Waals surface area contributed by atoms with Crippen LogP contribution in [-0.4, -0.2) is 5.78 Å². The highest BCUT2D eigenvalue weighted by atomic mass is 79.9. The zero-order chi connectivity index (χ0) is 15.8. The van der Waals surface area contributed by atoms with E-state index < -0.39 is 17.5 Å². The molecule has 0 N–H and O–H groups in total. The standard InChI is InChI=1S/C16H12BrF3O/c1-9-4-3-5-12(10(9)2)15(21)13-8-11(16(18,19)20)6-7-14(13)17/h3-8H,1-2H3. The highest BCUT2D eigenvalue weighted by molar-refractivity contribution is 9.10. The molecule has 0 spiro atoms. The first kappa shape index (κ1) is 15.8. The van der Waals surface area contributed by atoms with Gasteiger partial charge in [0.05, 0.1) is 5.56 Å². The van der Waals surface area contributed by atoms with Crippen LogP contribution < -0.4 is 0 Å². The molecule has 0 amide bonds. The Kier molecular flexibility index (Phi) is 4.23. The van der Waals surface area contributed by atoms with E-state index in [0.717, 1.165) is 23.3 Å². The molecule has 0 aliphatic carbocycles. The molecule has 2 aromatic rings. The summed E-state index contributed by atoms with van der Waals surface area (Å²) >= 11 is 3.15. The average molecular weight is 357 g/mol. The number of rotatable bonds is 2. The van der Waals surface area contributed by atoms with Crippen molar-refractivity contribution in [2.75, 3.05) is 0 Å². The number of carbonyl (C=O) groups is 1. The van der Waals surface area contributed by atoms with Gasteiger partial charge in [-0.1, -0.05) is 34.1 Å². The van der Waals surface area contributed by atoms with Crippen molar-refractivity contribution < 1.29 is 18.0 Å². The summed E-state index contributed by atoms with van der Waals surface area (Å²) < 4.78 is 38.7. The summed E-state index contributed by atoms with van der Waals surface area (Å²) in [7, 11) is 0. The molecule has 1 nitrogen and oxygen atoms in total. The van der Waals surface area contributed by atoms with Crippen molar-refractivity contribution in [3.8, 4) is 0 Å². The number of halogens is 4. The molecule has 0 aliphatic rings. The third kappa shape index (κ3) is 3.18. The van der Waals surface area contributed by atoms with E-state index >= 15 is 0 Å². The SMILES string of the molecule is Cc1cccc(C(=O)c2cc(C(F)(F)F)ccc2Br)c1C. The molecule has 0 bridgehead atoms. The fraction of sp³-hybridized carbons (Fsp3) is 0.188. The molecule has 0 radical (unpaired) electrons. The predicted molar refractivity (Wildman–Crippen MR) is 78.5 cm³/mol. The Hall–Kier alpha value is -1.62. The van der Waals surface area contributed by atoms with Crippen molar-refractivity contribution in [2.45, 2.75) is 20.0 Å². The zero-order valence-corrected chi connectivity index (χ0v) is 13.0. The molecule has 2 aromatic carbocycles. The molecule has 110 valence electrons. The zero-order valence-electron chi connectivity index (χ0n) is 11.4. The molecule has 0 saturated carbocycles. The van der Waals surface area contributed by atoms with Gasteiger partial charge in [0, 0.05) is 15.6 Å². The highest BCUT2D eigenvalue weighted by Crippen LogP contribution is 2.33. The van der Waals surface area contributed by atoms with Gasteiger partial charge in [0.15, 0.2) is 5.78 Å². The van der Waals surface area contributed by atoms with Crippen LogP contribution in [0, 0.1) is 13.8 Å². The Bertz CT molecular complexity index is 705. The van der Waals surface area contributed by atoms with Gasteiger partial charge in [0.2, 0.25) is 0 Å². The summed E-state index contributed by atoms with van der Waals surface area (Å²) in [6.07, 6.45) is -4.47. The van der Waals surface area contributed by atoms with Crippen molar-refractivity contribution in [1.82, 2.24) is 0 Å². The van der Waals surface area contributed by atoms with Crippen LogP contribution in [0.2, 0.25) is 0 Å². The quantitative estimate of drug-likeness (QED) is 0.666. The fourth-order valence-corrected chi connectivity index (χ4v) is 2.44. The monoisotopic (exact) mass is 356 g/mol. The topological polar surface area (TPSA) is 17.1 Å². The Labute approximate surface area is 128 Å². The summed E-state index contributed by atoms with van der Waals surface area (Å²) in [6, 6.07) is 8.28. The van der Waals surface area contributed by atoms with Crippen LogP contribution in [0.3, 0.4) is 0 Å². The second-order valence-electron chi connectivity index (χ2n) is 4.77. The summed E-state index contributed by atoms with van der Waals surface area (Å²) in [6.45, 7) is 3.64. The van der Waals surface area contributed by atoms with Gasteiger partial charge in [-0.15, -0.1) is 0 Å². The normalized spacial score (nSPS) is 11.5. The predicted octanol–water partition coefficient (Wildman–Crippen LogP) is 5.32. The average Bonchev–Trinajstić information content (AvgIpc) is 2.40. The molecular weight excluding hydrogens is 345 g/mol. The lowest BCUT2D eigenvalue weighted by Crippen LogP contribution is -2.10. The minimum Gasteiger partial charge on any atom is -0.289 e. The van der Waals surface area contributed by atoms with Gasteiger partial charge >= 0.3 is 6.18 Å². The molecule has 0 aliphatic heterocycles. The van der Waals surface area contributed by atoms with E-state index in [2.05, 4.69) is 15.9 Å². The van der Waals surface area contributed by atoms with Crippen molar-refractivity contribution in [3.63, 3.8) is 0 Å². The third-order valence-corrected chi connectivity index (χ3v) is 4.08. The van der Waals surface area contributed by atoms with Crippen LogP contribution in [0.25, 0.3) is 0 Å². The highest BCUT2D eigenvalue weighted by Gasteiger charge is 2.31. The number of aryl methyl sites for hydroxylation is 1. The Morgan fingerprint density at radius 3 is 2.33 bits per heavy atom. The lowest BCUT2D eigenvalue weighted by atomic mass is 9.95. The molecule has 0 unspecified atom stereocenters. The van der Waals surface area contributed by atoms with Crippen LogP contribution in [0.15, 0.2) is 40.9 Å². The second kappa shape index (κ2) is 5.64. The lowest BCUT2D eigenvalue weighted by molar-refractivity contribution is -0.137. The largest absolute Gasteiger partial charge is 0.416 e. The van der Waals surface area contributed by atoms with Gasteiger partial charge in [-0.2, -0.15) is 13.2 Å². The maximum Gasteiger partial charge on any atom is 0.416 e. The summed E-state index contributed by atoms with van der Waals surface area (Å²) in [4.78, 5) is 12.5. The van der Waals surface area contributed by atoms with Crippen molar-refractivity contribution in [1.29, 1.82) is 0 Å². The third-order valence-electron chi connectivity index (χ3n) is 3.39. The van der Waals surface area contributed by atoms with Crippen molar-refractivity contribution >= 4 is 21.7 Å². The molecule has 0 fully saturated rings. The molecule has 0 aromatic heterocycles. The number of ketones is 1. The van der Waals surface area contributed by atoms with E-state index in [1.165, 1.54) is 6.07 Å². The molecular formula is C16H12BrF3O. The van der Waals surface area contributed by atoms with Gasteiger partial charge in [-0.25, -0.2) is 0 Å². The number of benzene rings is 2. The second-order valence-corrected chi connectivity index (χ2v) is 5.62. The van der Waals surface area contributed by atoms with E-state index in [1.54, 1.807) is 19.1 Å². The maximum absolute atomic E-state index is 12.8. The van der Waals surface area contributed by atoms with Crippen molar-refractivity contribution in [2.24, 2.45) is 0 Å². The summed E-state index contributed by atoms with van der Waals surface area (Å²) in [5, 5.41) is 0. The van der Waals surface area contributed by atoms with Crippen LogP contribution in [-0.2, 0) is 6.18 Å². The lowest BCUT2D eigenvalue weighted by Gasteiger charge is -2.12. The van der Waals surface area contributed by atoms with Gasteiger partial charge in [0.25, 0.3) is 0 Å². The van der Waals surface area contributed by atoms with Gasteiger partial charge in [-0.3, -0.25) is 4.79 Å². The fourth-order valence-electron chi connectivity index (χ4n) is 2.02. The van der Waals surface area contributed by atoms with E-state index in [9.17, 15) is 18.0 Å². The number of hydrogen-bond acceptors (Lipinski definition) is 1. The molecule has 0 heterocycles.